The molecule has 0 atom stereocenters. The number of rotatable bonds is 5. The van der Waals surface area contributed by atoms with E-state index in [0.717, 1.165) is 17.3 Å². The molecular formula is C17H23N3O. The van der Waals surface area contributed by atoms with Crippen molar-refractivity contribution < 1.29 is 4.74 Å². The highest BCUT2D eigenvalue weighted by atomic mass is 16.5. The minimum absolute atomic E-state index is 0.302. The Hall–Kier alpha value is -1.94. The average molecular weight is 285 g/mol. The Morgan fingerprint density at radius 1 is 1.14 bits per heavy atom. The van der Waals surface area contributed by atoms with Crippen LogP contribution in [0.15, 0.2) is 24.4 Å². The highest BCUT2D eigenvalue weighted by molar-refractivity contribution is 5.37. The van der Waals surface area contributed by atoms with Gasteiger partial charge < -0.3 is 10.1 Å². The van der Waals surface area contributed by atoms with Crippen molar-refractivity contribution in [3.05, 3.63) is 47.0 Å². The maximum atomic E-state index is 5.99. The molecule has 0 fully saturated rings. The van der Waals surface area contributed by atoms with Gasteiger partial charge in [0, 0.05) is 12.5 Å². The molecule has 0 aliphatic carbocycles. The highest BCUT2D eigenvalue weighted by Gasteiger charge is 2.11. The zero-order valence-corrected chi connectivity index (χ0v) is 13.4. The third-order valence-electron chi connectivity index (χ3n) is 3.13. The summed E-state index contributed by atoms with van der Waals surface area (Å²) in [6.45, 7) is 8.95. The Bertz CT molecular complexity index is 603. The fraction of sp³-hybridized carbons (Fsp3) is 0.412. The van der Waals surface area contributed by atoms with Gasteiger partial charge in [0.2, 0.25) is 0 Å². The minimum atomic E-state index is 0.302. The first-order chi connectivity index (χ1) is 9.99. The number of nitrogens with zero attached hydrogens (tertiary/aromatic N) is 2. The summed E-state index contributed by atoms with van der Waals surface area (Å²) in [6.07, 6.45) is 1.77. The number of hydrogen-bond acceptors (Lipinski definition) is 4. The van der Waals surface area contributed by atoms with Crippen molar-refractivity contribution in [2.45, 2.75) is 40.2 Å². The monoisotopic (exact) mass is 285 g/mol. The Morgan fingerprint density at radius 2 is 1.81 bits per heavy atom. The molecule has 0 amide bonds. The molecule has 0 aliphatic heterocycles. The van der Waals surface area contributed by atoms with Crippen LogP contribution in [0.1, 0.15) is 42.4 Å². The molecule has 1 N–H and O–H groups in total. The van der Waals surface area contributed by atoms with Gasteiger partial charge in [0.05, 0.1) is 6.20 Å². The van der Waals surface area contributed by atoms with E-state index in [9.17, 15) is 0 Å². The van der Waals surface area contributed by atoms with Gasteiger partial charge in [0.1, 0.15) is 17.3 Å². The van der Waals surface area contributed by atoms with E-state index in [4.69, 9.17) is 4.74 Å². The normalized spacial score (nSPS) is 11.0. The van der Waals surface area contributed by atoms with Crippen molar-refractivity contribution in [3.8, 4) is 11.5 Å². The van der Waals surface area contributed by atoms with E-state index in [1.807, 2.05) is 19.2 Å². The summed E-state index contributed by atoms with van der Waals surface area (Å²) in [5.74, 6) is 2.67. The molecule has 4 heteroatoms. The van der Waals surface area contributed by atoms with Gasteiger partial charge in [-0.15, -0.1) is 0 Å². The topological polar surface area (TPSA) is 47.0 Å². The van der Waals surface area contributed by atoms with Crippen LogP contribution in [0.5, 0.6) is 11.5 Å². The van der Waals surface area contributed by atoms with Crippen molar-refractivity contribution >= 4 is 0 Å². The SMILES string of the molecule is CNCc1nc(C(C)C)ncc1Oc1cc(C)cc(C)c1. The van der Waals surface area contributed by atoms with Crippen LogP contribution in [-0.2, 0) is 6.54 Å². The van der Waals surface area contributed by atoms with Crippen molar-refractivity contribution in [1.82, 2.24) is 15.3 Å². The van der Waals surface area contributed by atoms with Crippen LogP contribution in [0, 0.1) is 13.8 Å². The summed E-state index contributed by atoms with van der Waals surface area (Å²) in [5.41, 5.74) is 3.25. The fourth-order valence-electron chi connectivity index (χ4n) is 2.20. The molecule has 0 unspecified atom stereocenters. The van der Waals surface area contributed by atoms with E-state index in [0.29, 0.717) is 18.2 Å². The van der Waals surface area contributed by atoms with Crippen molar-refractivity contribution in [3.63, 3.8) is 0 Å². The lowest BCUT2D eigenvalue weighted by molar-refractivity contribution is 0.464. The third kappa shape index (κ3) is 4.02. The van der Waals surface area contributed by atoms with Crippen LogP contribution in [0.3, 0.4) is 0 Å². The molecule has 1 heterocycles. The molecule has 2 rings (SSSR count). The standard InChI is InChI=1S/C17H23N3O/c1-11(2)17-19-10-16(15(20-17)9-18-5)21-14-7-12(3)6-13(4)8-14/h6-8,10-11,18H,9H2,1-5H3. The number of aryl methyl sites for hydroxylation is 2. The Labute approximate surface area is 126 Å². The van der Waals surface area contributed by atoms with E-state index in [-0.39, 0.29) is 0 Å². The van der Waals surface area contributed by atoms with Gasteiger partial charge in [-0.25, -0.2) is 9.97 Å². The van der Waals surface area contributed by atoms with Crippen LogP contribution in [0.25, 0.3) is 0 Å². The number of ether oxygens (including phenoxy) is 1. The molecule has 2 aromatic rings. The molecule has 0 saturated heterocycles. The third-order valence-corrected chi connectivity index (χ3v) is 3.13. The van der Waals surface area contributed by atoms with E-state index in [1.54, 1.807) is 6.20 Å². The van der Waals surface area contributed by atoms with E-state index in [2.05, 4.69) is 49.0 Å². The molecule has 0 radical (unpaired) electrons. The first-order valence-electron chi connectivity index (χ1n) is 7.26. The van der Waals surface area contributed by atoms with E-state index in [1.165, 1.54) is 11.1 Å². The Kier molecular flexibility index (Phi) is 4.91. The second-order valence-corrected chi connectivity index (χ2v) is 5.65. The van der Waals surface area contributed by atoms with Crippen molar-refractivity contribution in [2.24, 2.45) is 0 Å². The van der Waals surface area contributed by atoms with Crippen LogP contribution < -0.4 is 10.1 Å². The molecule has 0 saturated carbocycles. The minimum Gasteiger partial charge on any atom is -0.454 e. The summed E-state index contributed by atoms with van der Waals surface area (Å²) < 4.78 is 5.99. The Morgan fingerprint density at radius 3 is 2.38 bits per heavy atom. The number of benzene rings is 1. The predicted molar refractivity (Wildman–Crippen MR) is 84.9 cm³/mol. The van der Waals surface area contributed by atoms with Gasteiger partial charge in [-0.1, -0.05) is 19.9 Å². The van der Waals surface area contributed by atoms with Crippen LogP contribution >= 0.6 is 0 Å². The zero-order valence-electron chi connectivity index (χ0n) is 13.4. The van der Waals surface area contributed by atoms with Gasteiger partial charge in [-0.3, -0.25) is 0 Å². The maximum absolute atomic E-state index is 5.99. The second-order valence-electron chi connectivity index (χ2n) is 5.65. The lowest BCUT2D eigenvalue weighted by Gasteiger charge is -2.13. The smallest absolute Gasteiger partial charge is 0.168 e. The second kappa shape index (κ2) is 6.68. The molecule has 0 spiro atoms. The number of nitrogens with one attached hydrogen (secondary N) is 1. The molecule has 21 heavy (non-hydrogen) atoms. The first kappa shape index (κ1) is 15.4. The lowest BCUT2D eigenvalue weighted by Crippen LogP contribution is -2.11. The summed E-state index contributed by atoms with van der Waals surface area (Å²) in [5, 5.41) is 3.13. The zero-order chi connectivity index (χ0) is 15.4. The highest BCUT2D eigenvalue weighted by Crippen LogP contribution is 2.26. The van der Waals surface area contributed by atoms with E-state index >= 15 is 0 Å². The lowest BCUT2D eigenvalue weighted by atomic mass is 10.1. The van der Waals surface area contributed by atoms with E-state index < -0.39 is 0 Å². The van der Waals surface area contributed by atoms with Gasteiger partial charge >= 0.3 is 0 Å². The van der Waals surface area contributed by atoms with Gasteiger partial charge in [-0.05, 0) is 44.2 Å². The van der Waals surface area contributed by atoms with Crippen LogP contribution in [-0.4, -0.2) is 17.0 Å². The molecule has 0 bridgehead atoms. The molecule has 4 nitrogen and oxygen atoms in total. The van der Waals surface area contributed by atoms with Crippen LogP contribution in [0.2, 0.25) is 0 Å². The summed E-state index contributed by atoms with van der Waals surface area (Å²) >= 11 is 0. The van der Waals surface area contributed by atoms with Crippen LogP contribution in [0.4, 0.5) is 0 Å². The first-order valence-corrected chi connectivity index (χ1v) is 7.26. The molecule has 1 aromatic carbocycles. The fourth-order valence-corrected chi connectivity index (χ4v) is 2.20. The van der Waals surface area contributed by atoms with Gasteiger partial charge in [-0.2, -0.15) is 0 Å². The largest absolute Gasteiger partial charge is 0.454 e. The average Bonchev–Trinajstić information content (AvgIpc) is 2.39. The Balaban J connectivity index is 2.33. The molecular weight excluding hydrogens is 262 g/mol. The van der Waals surface area contributed by atoms with Crippen molar-refractivity contribution in [2.75, 3.05) is 7.05 Å². The maximum Gasteiger partial charge on any atom is 0.168 e. The summed E-state index contributed by atoms with van der Waals surface area (Å²) in [7, 11) is 1.90. The van der Waals surface area contributed by atoms with Gasteiger partial charge in [0.15, 0.2) is 5.75 Å². The number of aromatic nitrogens is 2. The predicted octanol–water partition coefficient (Wildman–Crippen LogP) is 3.73. The van der Waals surface area contributed by atoms with Crippen molar-refractivity contribution in [1.29, 1.82) is 0 Å². The molecule has 0 aliphatic rings. The summed E-state index contributed by atoms with van der Waals surface area (Å²) in [4.78, 5) is 9.00. The van der Waals surface area contributed by atoms with Gasteiger partial charge in [0.25, 0.3) is 0 Å². The molecule has 112 valence electrons. The quantitative estimate of drug-likeness (QED) is 0.909. The molecule has 1 aromatic heterocycles. The number of hydrogen-bond donors (Lipinski definition) is 1. The summed E-state index contributed by atoms with van der Waals surface area (Å²) in [6, 6.07) is 6.17.